The summed E-state index contributed by atoms with van der Waals surface area (Å²) >= 11 is 0. The van der Waals surface area contributed by atoms with Crippen LogP contribution in [0.4, 0.5) is 5.82 Å². The molecule has 0 saturated carbocycles. The molecule has 186 valence electrons. The lowest BCUT2D eigenvalue weighted by atomic mass is 9.96. The Hall–Kier alpha value is -3.18. The topological polar surface area (TPSA) is 83.0 Å². The van der Waals surface area contributed by atoms with E-state index in [1.807, 2.05) is 11.5 Å². The Bertz CT molecular complexity index is 1320. The van der Waals surface area contributed by atoms with Gasteiger partial charge < -0.3 is 9.47 Å². The van der Waals surface area contributed by atoms with E-state index >= 15 is 0 Å². The Morgan fingerprint density at radius 3 is 2.49 bits per heavy atom. The summed E-state index contributed by atoms with van der Waals surface area (Å²) in [6.07, 6.45) is 0.197. The lowest BCUT2D eigenvalue weighted by Gasteiger charge is -2.47. The molecule has 1 aliphatic rings. The van der Waals surface area contributed by atoms with Crippen molar-refractivity contribution in [1.82, 2.24) is 24.0 Å². The standard InChI is InChI=1S/C27H37N7O/c1-8-32-23(12-13-28)29-24-25(30-27(35)31(7)26(24)32)34-16-18(4)33(15-19(34)5)20(6)22-11-9-10-21(14-22)17(2)3/h9-11,14,17-20H,8,12,15-16H2,1-7H3/t18-,19+,20?/m1/s1. The number of rotatable bonds is 6. The maximum Gasteiger partial charge on any atom is 0.350 e. The van der Waals surface area contributed by atoms with Gasteiger partial charge in [0.05, 0.1) is 12.5 Å². The highest BCUT2D eigenvalue weighted by molar-refractivity contribution is 5.84. The quantitative estimate of drug-likeness (QED) is 0.536. The molecule has 1 saturated heterocycles. The zero-order chi connectivity index (χ0) is 25.4. The van der Waals surface area contributed by atoms with Gasteiger partial charge in [0.1, 0.15) is 17.0 Å². The average molecular weight is 476 g/mol. The minimum atomic E-state index is -0.299. The molecule has 3 heterocycles. The van der Waals surface area contributed by atoms with Crippen molar-refractivity contribution in [3.05, 3.63) is 51.7 Å². The van der Waals surface area contributed by atoms with Crippen LogP contribution in [0.1, 0.15) is 70.5 Å². The fourth-order valence-corrected chi connectivity index (χ4v) is 5.38. The highest BCUT2D eigenvalue weighted by Gasteiger charge is 2.35. The van der Waals surface area contributed by atoms with Crippen molar-refractivity contribution in [3.8, 4) is 6.07 Å². The first kappa shape index (κ1) is 24.9. The van der Waals surface area contributed by atoms with E-state index in [4.69, 9.17) is 4.98 Å². The van der Waals surface area contributed by atoms with Gasteiger partial charge in [0.15, 0.2) is 5.82 Å². The molecule has 0 aliphatic carbocycles. The molecule has 3 atom stereocenters. The summed E-state index contributed by atoms with van der Waals surface area (Å²) in [5.74, 6) is 1.80. The number of piperazine rings is 1. The van der Waals surface area contributed by atoms with Gasteiger partial charge in [-0.15, -0.1) is 0 Å². The van der Waals surface area contributed by atoms with E-state index in [0.717, 1.165) is 18.7 Å². The van der Waals surface area contributed by atoms with E-state index in [2.05, 4.69) is 79.7 Å². The van der Waals surface area contributed by atoms with Gasteiger partial charge in [-0.2, -0.15) is 10.2 Å². The van der Waals surface area contributed by atoms with E-state index in [0.29, 0.717) is 29.6 Å². The van der Waals surface area contributed by atoms with Crippen LogP contribution in [-0.2, 0) is 20.0 Å². The number of nitrogens with zero attached hydrogens (tertiary/aromatic N) is 7. The summed E-state index contributed by atoms with van der Waals surface area (Å²) in [7, 11) is 1.72. The largest absolute Gasteiger partial charge is 0.350 e. The van der Waals surface area contributed by atoms with Gasteiger partial charge in [-0.25, -0.2) is 9.78 Å². The molecule has 0 spiro atoms. The number of hydrogen-bond acceptors (Lipinski definition) is 6. The lowest BCUT2D eigenvalue weighted by molar-refractivity contribution is 0.119. The van der Waals surface area contributed by atoms with Crippen molar-refractivity contribution in [2.45, 2.75) is 78.6 Å². The Morgan fingerprint density at radius 2 is 1.83 bits per heavy atom. The van der Waals surface area contributed by atoms with E-state index < -0.39 is 0 Å². The number of imidazole rings is 1. The zero-order valence-corrected chi connectivity index (χ0v) is 22.0. The molecule has 1 fully saturated rings. The van der Waals surface area contributed by atoms with Gasteiger partial charge in [-0.1, -0.05) is 38.1 Å². The van der Waals surface area contributed by atoms with Gasteiger partial charge >= 0.3 is 5.69 Å². The highest BCUT2D eigenvalue weighted by Crippen LogP contribution is 2.32. The van der Waals surface area contributed by atoms with Gasteiger partial charge in [-0.05, 0) is 44.7 Å². The summed E-state index contributed by atoms with van der Waals surface area (Å²) < 4.78 is 3.50. The van der Waals surface area contributed by atoms with Crippen LogP contribution in [0.15, 0.2) is 29.1 Å². The first-order valence-corrected chi connectivity index (χ1v) is 12.6. The molecule has 8 nitrogen and oxygen atoms in total. The molecule has 2 aromatic heterocycles. The summed E-state index contributed by atoms with van der Waals surface area (Å²) in [4.78, 5) is 26.9. The molecule has 1 aliphatic heterocycles. The van der Waals surface area contributed by atoms with Crippen LogP contribution in [0, 0.1) is 11.3 Å². The normalized spacial score (nSPS) is 19.9. The zero-order valence-electron chi connectivity index (χ0n) is 22.0. The van der Waals surface area contributed by atoms with E-state index in [1.165, 1.54) is 11.1 Å². The van der Waals surface area contributed by atoms with Crippen LogP contribution < -0.4 is 10.6 Å². The molecule has 0 amide bonds. The molecule has 1 aromatic carbocycles. The maximum absolute atomic E-state index is 12.9. The van der Waals surface area contributed by atoms with Crippen LogP contribution in [0.5, 0.6) is 0 Å². The molecule has 0 radical (unpaired) electrons. The maximum atomic E-state index is 12.9. The van der Waals surface area contributed by atoms with E-state index in [-0.39, 0.29) is 30.2 Å². The van der Waals surface area contributed by atoms with Gasteiger partial charge in [-0.3, -0.25) is 9.47 Å². The Labute approximate surface area is 207 Å². The molecular weight excluding hydrogens is 438 g/mol. The summed E-state index contributed by atoms with van der Waals surface area (Å²) in [6.45, 7) is 15.4. The lowest BCUT2D eigenvalue weighted by Crippen LogP contribution is -2.57. The number of aromatic nitrogens is 4. The van der Waals surface area contributed by atoms with Crippen molar-refractivity contribution in [2.75, 3.05) is 18.0 Å². The summed E-state index contributed by atoms with van der Waals surface area (Å²) in [6, 6.07) is 11.8. The second-order valence-corrected chi connectivity index (χ2v) is 10.1. The van der Waals surface area contributed by atoms with E-state index in [9.17, 15) is 10.1 Å². The smallest absolute Gasteiger partial charge is 0.349 e. The van der Waals surface area contributed by atoms with Gasteiger partial charge in [0, 0.05) is 44.8 Å². The Morgan fingerprint density at radius 1 is 1.11 bits per heavy atom. The minimum Gasteiger partial charge on any atom is -0.349 e. The molecular formula is C27H37N7O. The minimum absolute atomic E-state index is 0.149. The molecule has 3 aromatic rings. The number of aryl methyl sites for hydroxylation is 2. The van der Waals surface area contributed by atoms with E-state index in [1.54, 1.807) is 11.6 Å². The fourth-order valence-electron chi connectivity index (χ4n) is 5.38. The highest BCUT2D eigenvalue weighted by atomic mass is 16.1. The van der Waals surface area contributed by atoms with Crippen LogP contribution >= 0.6 is 0 Å². The third-order valence-electron chi connectivity index (χ3n) is 7.45. The predicted octanol–water partition coefficient (Wildman–Crippen LogP) is 4.00. The van der Waals surface area contributed by atoms with Crippen LogP contribution in [0.2, 0.25) is 0 Å². The molecule has 0 bridgehead atoms. The van der Waals surface area contributed by atoms with Crippen LogP contribution in [-0.4, -0.2) is 49.2 Å². The first-order chi connectivity index (χ1) is 16.7. The third-order valence-corrected chi connectivity index (χ3v) is 7.45. The molecule has 35 heavy (non-hydrogen) atoms. The summed E-state index contributed by atoms with van der Waals surface area (Å²) in [5, 5.41) is 9.30. The number of hydrogen-bond donors (Lipinski definition) is 0. The van der Waals surface area contributed by atoms with Crippen molar-refractivity contribution in [3.63, 3.8) is 0 Å². The van der Waals surface area contributed by atoms with Crippen molar-refractivity contribution < 1.29 is 0 Å². The number of anilines is 1. The monoisotopic (exact) mass is 475 g/mol. The number of nitriles is 1. The van der Waals surface area contributed by atoms with Crippen molar-refractivity contribution >= 4 is 17.0 Å². The van der Waals surface area contributed by atoms with Gasteiger partial charge in [0.25, 0.3) is 0 Å². The average Bonchev–Trinajstić information content (AvgIpc) is 3.21. The van der Waals surface area contributed by atoms with Crippen molar-refractivity contribution in [2.24, 2.45) is 7.05 Å². The second-order valence-electron chi connectivity index (χ2n) is 10.1. The Balaban J connectivity index is 1.69. The van der Waals surface area contributed by atoms with Crippen LogP contribution in [0.3, 0.4) is 0 Å². The van der Waals surface area contributed by atoms with Crippen LogP contribution in [0.25, 0.3) is 11.2 Å². The third kappa shape index (κ3) is 4.45. The molecule has 8 heteroatoms. The molecule has 1 unspecified atom stereocenters. The van der Waals surface area contributed by atoms with Gasteiger partial charge in [0.2, 0.25) is 0 Å². The predicted molar refractivity (Wildman–Crippen MR) is 140 cm³/mol. The molecule has 0 N–H and O–H groups in total. The fraction of sp³-hybridized carbons (Fsp3) is 0.556. The Kier molecular flexibility index (Phi) is 7.00. The van der Waals surface area contributed by atoms with Crippen molar-refractivity contribution in [1.29, 1.82) is 5.26 Å². The number of fused-ring (bicyclic) bond motifs is 1. The molecule has 4 rings (SSSR count). The SMILES string of the molecule is CCn1c(CC#N)nc2c(N3C[C@@H](C)N(C(C)c4cccc(C(C)C)c4)C[C@@H]3C)nc(=O)n(C)c21. The first-order valence-electron chi connectivity index (χ1n) is 12.6. The summed E-state index contributed by atoms with van der Waals surface area (Å²) in [5.41, 5.74) is 3.82. The second kappa shape index (κ2) is 9.82. The number of benzene rings is 1.